The summed E-state index contributed by atoms with van der Waals surface area (Å²) in [6.07, 6.45) is 2.77. The fourth-order valence-corrected chi connectivity index (χ4v) is 2.61. The number of hydrogen-bond acceptors (Lipinski definition) is 6. The van der Waals surface area contributed by atoms with Crippen LogP contribution >= 0.6 is 11.6 Å². The Morgan fingerprint density at radius 3 is 2.83 bits per heavy atom. The number of hydrogen-bond donors (Lipinski definition) is 0. The summed E-state index contributed by atoms with van der Waals surface area (Å²) in [6.45, 7) is 1.87. The molecule has 0 atom stereocenters. The summed E-state index contributed by atoms with van der Waals surface area (Å²) in [5.41, 5.74) is 0.667. The minimum Gasteiger partial charge on any atom is -0.454 e. The van der Waals surface area contributed by atoms with Crippen LogP contribution in [0.1, 0.15) is 5.56 Å². The fraction of sp³-hybridized carbons (Fsp3) is 0.375. The SMILES string of the molecule is O=C(/C=C/c1cc(Cl)c2c(c1)OCO2)OCC(=O)N1CCOCC1. The average Bonchev–Trinajstić information content (AvgIpc) is 3.08. The van der Waals surface area contributed by atoms with E-state index in [2.05, 4.69) is 0 Å². The highest BCUT2D eigenvalue weighted by molar-refractivity contribution is 6.32. The van der Waals surface area contributed by atoms with Crippen molar-refractivity contribution in [3.8, 4) is 11.5 Å². The van der Waals surface area contributed by atoms with Crippen LogP contribution in [0.2, 0.25) is 5.02 Å². The molecule has 1 aromatic rings. The molecule has 3 rings (SSSR count). The van der Waals surface area contributed by atoms with E-state index in [0.717, 1.165) is 0 Å². The molecule has 2 aliphatic heterocycles. The van der Waals surface area contributed by atoms with E-state index < -0.39 is 5.97 Å². The zero-order chi connectivity index (χ0) is 16.9. The van der Waals surface area contributed by atoms with Gasteiger partial charge in [-0.2, -0.15) is 0 Å². The van der Waals surface area contributed by atoms with Crippen molar-refractivity contribution < 1.29 is 28.5 Å². The minimum atomic E-state index is -0.606. The third kappa shape index (κ3) is 3.98. The summed E-state index contributed by atoms with van der Waals surface area (Å²) in [6, 6.07) is 3.36. The molecule has 0 radical (unpaired) electrons. The molecule has 8 heteroatoms. The van der Waals surface area contributed by atoms with Crippen molar-refractivity contribution in [1.82, 2.24) is 4.90 Å². The molecule has 1 saturated heterocycles. The van der Waals surface area contributed by atoms with Crippen molar-refractivity contribution in [3.63, 3.8) is 0 Å². The maximum atomic E-state index is 11.9. The first kappa shape index (κ1) is 16.6. The number of benzene rings is 1. The second-order valence-electron chi connectivity index (χ2n) is 5.17. The Kier molecular flexibility index (Phi) is 5.22. The second-order valence-corrected chi connectivity index (χ2v) is 5.58. The summed E-state index contributed by atoms with van der Waals surface area (Å²) >= 11 is 6.06. The monoisotopic (exact) mass is 353 g/mol. The Morgan fingerprint density at radius 1 is 1.25 bits per heavy atom. The zero-order valence-corrected chi connectivity index (χ0v) is 13.6. The number of carbonyl (C=O) groups is 2. The highest BCUT2D eigenvalue weighted by Crippen LogP contribution is 2.40. The molecule has 0 bridgehead atoms. The number of rotatable bonds is 4. The quantitative estimate of drug-likeness (QED) is 0.603. The lowest BCUT2D eigenvalue weighted by atomic mass is 10.2. The Morgan fingerprint density at radius 2 is 2.04 bits per heavy atom. The van der Waals surface area contributed by atoms with Gasteiger partial charge in [0.2, 0.25) is 6.79 Å². The highest BCUT2D eigenvalue weighted by atomic mass is 35.5. The predicted molar refractivity (Wildman–Crippen MR) is 85.0 cm³/mol. The molecule has 1 fully saturated rings. The lowest BCUT2D eigenvalue weighted by Crippen LogP contribution is -2.42. The first-order valence-corrected chi connectivity index (χ1v) is 7.81. The Hall–Kier alpha value is -2.25. The van der Waals surface area contributed by atoms with Gasteiger partial charge >= 0.3 is 5.97 Å². The van der Waals surface area contributed by atoms with Crippen molar-refractivity contribution in [2.24, 2.45) is 0 Å². The molecule has 0 aliphatic carbocycles. The Balaban J connectivity index is 1.52. The molecule has 24 heavy (non-hydrogen) atoms. The number of morpholine rings is 1. The van der Waals surface area contributed by atoms with Crippen LogP contribution in [0, 0.1) is 0 Å². The van der Waals surface area contributed by atoms with E-state index in [1.54, 1.807) is 17.0 Å². The molecule has 2 aliphatic rings. The molecule has 2 heterocycles. The lowest BCUT2D eigenvalue weighted by Gasteiger charge is -2.26. The van der Waals surface area contributed by atoms with Crippen molar-refractivity contribution in [1.29, 1.82) is 0 Å². The van der Waals surface area contributed by atoms with Crippen LogP contribution in [0.4, 0.5) is 0 Å². The van der Waals surface area contributed by atoms with Crippen molar-refractivity contribution in [2.75, 3.05) is 39.7 Å². The largest absolute Gasteiger partial charge is 0.454 e. The van der Waals surface area contributed by atoms with Crippen LogP contribution in [-0.2, 0) is 19.1 Å². The number of nitrogens with zero attached hydrogens (tertiary/aromatic N) is 1. The van der Waals surface area contributed by atoms with Gasteiger partial charge in [0.1, 0.15) is 0 Å². The molecule has 0 saturated carbocycles. The van der Waals surface area contributed by atoms with Gasteiger partial charge in [-0.05, 0) is 23.8 Å². The summed E-state index contributed by atoms with van der Waals surface area (Å²) in [4.78, 5) is 25.2. The molecule has 0 unspecified atom stereocenters. The van der Waals surface area contributed by atoms with E-state index >= 15 is 0 Å². The van der Waals surface area contributed by atoms with E-state index in [4.69, 9.17) is 30.5 Å². The number of fused-ring (bicyclic) bond motifs is 1. The first-order valence-electron chi connectivity index (χ1n) is 7.43. The van der Waals surface area contributed by atoms with Crippen molar-refractivity contribution in [3.05, 3.63) is 28.8 Å². The molecule has 128 valence electrons. The topological polar surface area (TPSA) is 74.3 Å². The van der Waals surface area contributed by atoms with Crippen LogP contribution in [0.5, 0.6) is 11.5 Å². The van der Waals surface area contributed by atoms with Crippen molar-refractivity contribution in [2.45, 2.75) is 0 Å². The summed E-state index contributed by atoms with van der Waals surface area (Å²) in [5.74, 6) is 0.182. The van der Waals surface area contributed by atoms with E-state index in [9.17, 15) is 9.59 Å². The smallest absolute Gasteiger partial charge is 0.331 e. The maximum absolute atomic E-state index is 11.9. The van der Waals surface area contributed by atoms with Gasteiger partial charge in [-0.15, -0.1) is 0 Å². The lowest BCUT2D eigenvalue weighted by molar-refractivity contribution is -0.150. The standard InChI is InChI=1S/C16H16ClNO6/c17-12-7-11(8-13-16(12)24-10-23-13)1-2-15(20)22-9-14(19)18-3-5-21-6-4-18/h1-2,7-8H,3-6,9-10H2/b2-1+. The summed E-state index contributed by atoms with van der Waals surface area (Å²) in [5, 5.41) is 0.403. The molecule has 1 aromatic carbocycles. The van der Waals surface area contributed by atoms with Gasteiger partial charge in [0.15, 0.2) is 18.1 Å². The van der Waals surface area contributed by atoms with Gasteiger partial charge < -0.3 is 23.8 Å². The van der Waals surface area contributed by atoms with Gasteiger partial charge in [-0.1, -0.05) is 11.6 Å². The second kappa shape index (κ2) is 7.55. The first-order chi connectivity index (χ1) is 11.6. The van der Waals surface area contributed by atoms with E-state index in [1.807, 2.05) is 0 Å². The Bertz CT molecular complexity index is 669. The third-order valence-corrected chi connectivity index (χ3v) is 3.84. The number of amides is 1. The molecular formula is C16H16ClNO6. The number of esters is 1. The average molecular weight is 354 g/mol. The maximum Gasteiger partial charge on any atom is 0.331 e. The van der Waals surface area contributed by atoms with Gasteiger partial charge in [-0.3, -0.25) is 4.79 Å². The Labute approximate surface area is 143 Å². The van der Waals surface area contributed by atoms with Crippen molar-refractivity contribution >= 4 is 29.6 Å². The number of carbonyl (C=O) groups excluding carboxylic acids is 2. The summed E-state index contributed by atoms with van der Waals surface area (Å²) < 4.78 is 20.6. The predicted octanol–water partition coefficient (Wildman–Crippen LogP) is 1.48. The molecule has 7 nitrogen and oxygen atoms in total. The molecule has 1 amide bonds. The molecular weight excluding hydrogens is 338 g/mol. The summed E-state index contributed by atoms with van der Waals surface area (Å²) in [7, 11) is 0. The van der Waals surface area contributed by atoms with Crippen LogP contribution in [0.3, 0.4) is 0 Å². The molecule has 0 N–H and O–H groups in total. The van der Waals surface area contributed by atoms with E-state index in [1.165, 1.54) is 12.2 Å². The number of halogens is 1. The zero-order valence-electron chi connectivity index (χ0n) is 12.8. The minimum absolute atomic E-state index is 0.119. The fourth-order valence-electron chi connectivity index (χ4n) is 2.33. The highest BCUT2D eigenvalue weighted by Gasteiger charge is 2.19. The molecule has 0 spiro atoms. The van der Waals surface area contributed by atoms with E-state index in [0.29, 0.717) is 48.4 Å². The van der Waals surface area contributed by atoms with Crippen LogP contribution in [0.15, 0.2) is 18.2 Å². The normalized spacial score (nSPS) is 16.5. The van der Waals surface area contributed by atoms with Gasteiger partial charge in [0.05, 0.1) is 18.2 Å². The van der Waals surface area contributed by atoms with E-state index in [-0.39, 0.29) is 19.3 Å². The van der Waals surface area contributed by atoms with Gasteiger partial charge in [0, 0.05) is 19.2 Å². The number of ether oxygens (including phenoxy) is 4. The molecule has 0 aromatic heterocycles. The third-order valence-electron chi connectivity index (χ3n) is 3.56. The van der Waals surface area contributed by atoms with Crippen LogP contribution in [0.25, 0.3) is 6.08 Å². The van der Waals surface area contributed by atoms with Gasteiger partial charge in [0.25, 0.3) is 5.91 Å². The van der Waals surface area contributed by atoms with Crippen LogP contribution < -0.4 is 9.47 Å². The van der Waals surface area contributed by atoms with Gasteiger partial charge in [-0.25, -0.2) is 4.79 Å². The van der Waals surface area contributed by atoms with Crippen LogP contribution in [-0.4, -0.2) is 56.5 Å².